The van der Waals surface area contributed by atoms with Crippen LogP contribution in [-0.2, 0) is 4.79 Å². The Morgan fingerprint density at radius 1 is 1.61 bits per heavy atom. The first-order valence-corrected chi connectivity index (χ1v) is 6.12. The monoisotopic (exact) mass is 266 g/mol. The van der Waals surface area contributed by atoms with Crippen LogP contribution < -0.4 is 10.1 Å². The summed E-state index contributed by atoms with van der Waals surface area (Å²) in [6.45, 7) is 2.09. The number of anilines is 1. The van der Waals surface area contributed by atoms with E-state index in [0.717, 1.165) is 0 Å². The number of nitrogens with zero attached hydrogens (tertiary/aromatic N) is 1. The number of carbonyl (C=O) groups excluding carboxylic acids is 1. The summed E-state index contributed by atoms with van der Waals surface area (Å²) in [6, 6.07) is 9.12. The molecule has 1 atom stereocenters. The van der Waals surface area contributed by atoms with Crippen LogP contribution in [0.4, 0.5) is 5.69 Å². The number of rotatable bonds is 6. The topological polar surface area (TPSA) is 62.1 Å². The second-order valence-electron chi connectivity index (χ2n) is 3.74. The SMILES string of the molecule is CC(Cl)C(=O)Nc1cccc(OCCCC#N)c1. The van der Waals surface area contributed by atoms with Gasteiger partial charge in [0.2, 0.25) is 5.91 Å². The summed E-state index contributed by atoms with van der Waals surface area (Å²) in [5, 5.41) is 10.5. The predicted octanol–water partition coefficient (Wildman–Crippen LogP) is 2.93. The summed E-state index contributed by atoms with van der Waals surface area (Å²) in [6.07, 6.45) is 1.16. The van der Waals surface area contributed by atoms with E-state index in [-0.39, 0.29) is 5.91 Å². The summed E-state index contributed by atoms with van der Waals surface area (Å²) >= 11 is 5.66. The van der Waals surface area contributed by atoms with Crippen LogP contribution in [0.3, 0.4) is 0 Å². The third kappa shape index (κ3) is 5.07. The normalized spacial score (nSPS) is 11.4. The molecule has 4 nitrogen and oxygen atoms in total. The lowest BCUT2D eigenvalue weighted by molar-refractivity contribution is -0.115. The molecule has 0 aliphatic rings. The molecule has 0 saturated heterocycles. The third-order valence-corrected chi connectivity index (χ3v) is 2.36. The summed E-state index contributed by atoms with van der Waals surface area (Å²) in [4.78, 5) is 11.4. The van der Waals surface area contributed by atoms with E-state index in [1.54, 1.807) is 31.2 Å². The molecule has 1 amide bonds. The molecule has 1 unspecified atom stereocenters. The number of alkyl halides is 1. The van der Waals surface area contributed by atoms with E-state index >= 15 is 0 Å². The molecule has 1 aromatic carbocycles. The van der Waals surface area contributed by atoms with Crippen LogP contribution in [0.5, 0.6) is 5.75 Å². The minimum absolute atomic E-state index is 0.252. The number of nitrogens with one attached hydrogen (secondary N) is 1. The Morgan fingerprint density at radius 3 is 3.06 bits per heavy atom. The van der Waals surface area contributed by atoms with Gasteiger partial charge in [0.15, 0.2) is 0 Å². The summed E-state index contributed by atoms with van der Waals surface area (Å²) in [5.74, 6) is 0.409. The number of carbonyl (C=O) groups is 1. The molecule has 96 valence electrons. The van der Waals surface area contributed by atoms with Gasteiger partial charge in [-0.2, -0.15) is 5.26 Å². The van der Waals surface area contributed by atoms with E-state index in [2.05, 4.69) is 11.4 Å². The molecule has 0 fully saturated rings. The van der Waals surface area contributed by atoms with Crippen molar-refractivity contribution in [3.8, 4) is 11.8 Å². The fourth-order valence-corrected chi connectivity index (χ4v) is 1.30. The van der Waals surface area contributed by atoms with Gasteiger partial charge in [-0.1, -0.05) is 6.07 Å². The van der Waals surface area contributed by atoms with Crippen LogP contribution in [0.2, 0.25) is 0 Å². The lowest BCUT2D eigenvalue weighted by Crippen LogP contribution is -2.20. The van der Waals surface area contributed by atoms with E-state index in [4.69, 9.17) is 21.6 Å². The maximum absolute atomic E-state index is 11.4. The van der Waals surface area contributed by atoms with Crippen molar-refractivity contribution >= 4 is 23.2 Å². The van der Waals surface area contributed by atoms with Crippen molar-refractivity contribution in [3.63, 3.8) is 0 Å². The molecule has 0 aliphatic carbocycles. The number of hydrogen-bond donors (Lipinski definition) is 1. The first-order chi connectivity index (χ1) is 8.63. The molecule has 1 rings (SSSR count). The zero-order chi connectivity index (χ0) is 13.4. The van der Waals surface area contributed by atoms with E-state index in [1.165, 1.54) is 0 Å². The Bertz CT molecular complexity index is 441. The van der Waals surface area contributed by atoms with E-state index in [9.17, 15) is 4.79 Å². The lowest BCUT2D eigenvalue weighted by Gasteiger charge is -2.09. The van der Waals surface area contributed by atoms with Crippen LogP contribution in [0.15, 0.2) is 24.3 Å². The van der Waals surface area contributed by atoms with Crippen molar-refractivity contribution in [1.29, 1.82) is 5.26 Å². The number of nitriles is 1. The van der Waals surface area contributed by atoms with Gasteiger partial charge >= 0.3 is 0 Å². The molecule has 18 heavy (non-hydrogen) atoms. The highest BCUT2D eigenvalue weighted by Gasteiger charge is 2.09. The van der Waals surface area contributed by atoms with Crippen LogP contribution >= 0.6 is 11.6 Å². The van der Waals surface area contributed by atoms with E-state index in [0.29, 0.717) is 30.9 Å². The van der Waals surface area contributed by atoms with Crippen LogP contribution in [0, 0.1) is 11.3 Å². The number of unbranched alkanes of at least 4 members (excludes halogenated alkanes) is 1. The van der Waals surface area contributed by atoms with Crippen LogP contribution in [0.25, 0.3) is 0 Å². The Kier molecular flexibility index (Phi) is 6.03. The van der Waals surface area contributed by atoms with Gasteiger partial charge in [0.1, 0.15) is 11.1 Å². The number of amides is 1. The maximum Gasteiger partial charge on any atom is 0.242 e. The molecule has 0 radical (unpaired) electrons. The molecule has 1 aromatic rings. The van der Waals surface area contributed by atoms with E-state index in [1.807, 2.05) is 0 Å². The fraction of sp³-hybridized carbons (Fsp3) is 0.385. The molecular formula is C13H15ClN2O2. The molecule has 0 spiro atoms. The third-order valence-electron chi connectivity index (χ3n) is 2.16. The Hall–Kier alpha value is -1.73. The van der Waals surface area contributed by atoms with Gasteiger partial charge < -0.3 is 10.1 Å². The Morgan fingerprint density at radius 2 is 2.39 bits per heavy atom. The zero-order valence-electron chi connectivity index (χ0n) is 10.1. The molecule has 1 N–H and O–H groups in total. The number of benzene rings is 1. The number of halogens is 1. The van der Waals surface area contributed by atoms with Gasteiger partial charge in [-0.3, -0.25) is 4.79 Å². The van der Waals surface area contributed by atoms with Crippen molar-refractivity contribution in [2.45, 2.75) is 25.1 Å². The molecule has 0 aliphatic heterocycles. The standard InChI is InChI=1S/C13H15ClN2O2/c1-10(14)13(17)16-11-5-4-6-12(9-11)18-8-3-2-7-15/h4-6,9-10H,2-3,8H2,1H3,(H,16,17). The highest BCUT2D eigenvalue weighted by Crippen LogP contribution is 2.18. The summed E-state index contributed by atoms with van der Waals surface area (Å²) in [5.41, 5.74) is 0.644. The molecule has 0 bridgehead atoms. The lowest BCUT2D eigenvalue weighted by atomic mass is 10.3. The fourth-order valence-electron chi connectivity index (χ4n) is 1.25. The minimum Gasteiger partial charge on any atom is -0.493 e. The predicted molar refractivity (Wildman–Crippen MR) is 70.7 cm³/mol. The molecule has 0 saturated carbocycles. The smallest absolute Gasteiger partial charge is 0.242 e. The van der Waals surface area contributed by atoms with Crippen molar-refractivity contribution in [2.24, 2.45) is 0 Å². The summed E-state index contributed by atoms with van der Waals surface area (Å²) < 4.78 is 5.46. The average Bonchev–Trinajstić information content (AvgIpc) is 2.35. The molecule has 0 heterocycles. The van der Waals surface area contributed by atoms with Gasteiger partial charge in [-0.15, -0.1) is 11.6 Å². The van der Waals surface area contributed by atoms with Crippen molar-refractivity contribution in [1.82, 2.24) is 0 Å². The molecule has 5 heteroatoms. The van der Waals surface area contributed by atoms with Crippen LogP contribution in [0.1, 0.15) is 19.8 Å². The largest absolute Gasteiger partial charge is 0.493 e. The first kappa shape index (κ1) is 14.3. The van der Waals surface area contributed by atoms with Crippen molar-refractivity contribution < 1.29 is 9.53 Å². The van der Waals surface area contributed by atoms with Crippen molar-refractivity contribution in [2.75, 3.05) is 11.9 Å². The van der Waals surface area contributed by atoms with Gasteiger partial charge in [-0.25, -0.2) is 0 Å². The highest BCUT2D eigenvalue weighted by molar-refractivity contribution is 6.32. The maximum atomic E-state index is 11.4. The Labute approximate surface area is 112 Å². The van der Waals surface area contributed by atoms with E-state index < -0.39 is 5.38 Å². The quantitative estimate of drug-likeness (QED) is 0.636. The van der Waals surface area contributed by atoms with Gasteiger partial charge in [-0.05, 0) is 25.5 Å². The second-order valence-corrected chi connectivity index (χ2v) is 4.40. The van der Waals surface area contributed by atoms with Crippen LogP contribution in [-0.4, -0.2) is 17.9 Å². The zero-order valence-corrected chi connectivity index (χ0v) is 10.9. The van der Waals surface area contributed by atoms with Crippen molar-refractivity contribution in [3.05, 3.63) is 24.3 Å². The Balaban J connectivity index is 2.52. The second kappa shape index (κ2) is 7.57. The number of hydrogen-bond acceptors (Lipinski definition) is 3. The minimum atomic E-state index is -0.579. The summed E-state index contributed by atoms with van der Waals surface area (Å²) in [7, 11) is 0. The average molecular weight is 267 g/mol. The van der Waals surface area contributed by atoms with Gasteiger partial charge in [0.25, 0.3) is 0 Å². The van der Waals surface area contributed by atoms with Gasteiger partial charge in [0.05, 0.1) is 12.7 Å². The molecular weight excluding hydrogens is 252 g/mol. The van der Waals surface area contributed by atoms with Gasteiger partial charge in [0, 0.05) is 18.2 Å². The molecule has 0 aromatic heterocycles. The first-order valence-electron chi connectivity index (χ1n) is 5.68. The number of ether oxygens (including phenoxy) is 1. The highest BCUT2D eigenvalue weighted by atomic mass is 35.5.